The van der Waals surface area contributed by atoms with Gasteiger partial charge < -0.3 is 5.32 Å². The van der Waals surface area contributed by atoms with Gasteiger partial charge in [0.2, 0.25) is 0 Å². The van der Waals surface area contributed by atoms with E-state index in [1.807, 2.05) is 37.3 Å². The highest BCUT2D eigenvalue weighted by atomic mass is 35.5. The van der Waals surface area contributed by atoms with Gasteiger partial charge in [0, 0.05) is 17.3 Å². The molecule has 2 rings (SSSR count). The zero-order valence-electron chi connectivity index (χ0n) is 10.6. The number of amides is 1. The number of thiazole rings is 1. The third kappa shape index (κ3) is 4.04. The average molecular weight is 295 g/mol. The van der Waals surface area contributed by atoms with Crippen LogP contribution < -0.4 is 5.32 Å². The molecule has 5 heteroatoms. The first kappa shape index (κ1) is 14.0. The molecule has 3 nitrogen and oxygen atoms in total. The second-order valence-electron chi connectivity index (χ2n) is 4.27. The summed E-state index contributed by atoms with van der Waals surface area (Å²) in [4.78, 5) is 16.2. The fourth-order valence-electron chi connectivity index (χ4n) is 1.77. The summed E-state index contributed by atoms with van der Waals surface area (Å²) in [6.07, 6.45) is 0.721. The molecule has 0 spiro atoms. The molecule has 0 aliphatic rings. The van der Waals surface area contributed by atoms with Crippen molar-refractivity contribution in [1.29, 1.82) is 0 Å². The van der Waals surface area contributed by atoms with Crippen LogP contribution in [0.2, 0.25) is 0 Å². The summed E-state index contributed by atoms with van der Waals surface area (Å²) in [5.74, 6) is 0.218. The number of benzene rings is 1. The van der Waals surface area contributed by atoms with Gasteiger partial charge in [0.25, 0.3) is 5.91 Å². The first-order chi connectivity index (χ1) is 9.19. The normalized spacial score (nSPS) is 12.1. The molecule has 100 valence electrons. The van der Waals surface area contributed by atoms with Crippen molar-refractivity contribution in [3.8, 4) is 0 Å². The Labute approximate surface area is 121 Å². The Balaban J connectivity index is 1.97. The molecule has 0 saturated carbocycles. The van der Waals surface area contributed by atoms with Crippen LogP contribution >= 0.6 is 22.9 Å². The second kappa shape index (κ2) is 6.68. The van der Waals surface area contributed by atoms with Crippen molar-refractivity contribution in [2.45, 2.75) is 19.4 Å². The molecule has 1 aromatic heterocycles. The van der Waals surface area contributed by atoms with Crippen LogP contribution in [0.4, 0.5) is 0 Å². The molecule has 1 aromatic carbocycles. The summed E-state index contributed by atoms with van der Waals surface area (Å²) in [7, 11) is 0. The maximum Gasteiger partial charge on any atom is 0.271 e. The monoisotopic (exact) mass is 294 g/mol. The molecule has 0 radical (unpaired) electrons. The van der Waals surface area contributed by atoms with Gasteiger partial charge in [-0.15, -0.1) is 22.9 Å². The van der Waals surface area contributed by atoms with Gasteiger partial charge in [0.15, 0.2) is 0 Å². The zero-order valence-corrected chi connectivity index (χ0v) is 12.2. The predicted octanol–water partition coefficient (Wildman–Crippen LogP) is 3.03. The van der Waals surface area contributed by atoms with E-state index in [1.54, 1.807) is 5.38 Å². The molecule has 0 aliphatic carbocycles. The molecule has 2 aromatic rings. The van der Waals surface area contributed by atoms with Crippen LogP contribution in [0, 0.1) is 6.92 Å². The number of carbonyl (C=O) groups excluding carboxylic acids is 1. The number of nitrogens with zero attached hydrogens (tertiary/aromatic N) is 1. The van der Waals surface area contributed by atoms with E-state index >= 15 is 0 Å². The van der Waals surface area contributed by atoms with Crippen molar-refractivity contribution in [3.63, 3.8) is 0 Å². The number of hydrogen-bond donors (Lipinski definition) is 1. The highest BCUT2D eigenvalue weighted by Gasteiger charge is 2.15. The average Bonchev–Trinajstić information content (AvgIpc) is 2.86. The fraction of sp³-hybridized carbons (Fsp3) is 0.286. The third-order valence-corrected chi connectivity index (χ3v) is 3.84. The lowest BCUT2D eigenvalue weighted by Crippen LogP contribution is -2.38. The van der Waals surface area contributed by atoms with Crippen LogP contribution in [0.15, 0.2) is 35.7 Å². The molecular formula is C14H15ClN2OS. The number of rotatable bonds is 5. The van der Waals surface area contributed by atoms with Crippen molar-refractivity contribution in [2.75, 3.05) is 5.88 Å². The standard InChI is InChI=1S/C14H15ClN2OS/c1-10-16-13(9-19-10)14(18)17-12(8-15)7-11-5-3-2-4-6-11/h2-6,9,12H,7-8H2,1H3,(H,17,18). The third-order valence-electron chi connectivity index (χ3n) is 2.70. The van der Waals surface area contributed by atoms with Crippen molar-refractivity contribution in [1.82, 2.24) is 10.3 Å². The van der Waals surface area contributed by atoms with Crippen molar-refractivity contribution >= 4 is 28.8 Å². The molecule has 1 unspecified atom stereocenters. The van der Waals surface area contributed by atoms with E-state index < -0.39 is 0 Å². The number of aromatic nitrogens is 1. The lowest BCUT2D eigenvalue weighted by molar-refractivity contribution is 0.0936. The topological polar surface area (TPSA) is 42.0 Å². The zero-order chi connectivity index (χ0) is 13.7. The van der Waals surface area contributed by atoms with Crippen molar-refractivity contribution in [3.05, 3.63) is 52.0 Å². The van der Waals surface area contributed by atoms with Crippen LogP contribution in [-0.4, -0.2) is 22.8 Å². The molecule has 1 atom stereocenters. The number of hydrogen-bond acceptors (Lipinski definition) is 3. The van der Waals surface area contributed by atoms with Crippen LogP contribution in [0.5, 0.6) is 0 Å². The van der Waals surface area contributed by atoms with Crippen LogP contribution in [0.25, 0.3) is 0 Å². The number of nitrogens with one attached hydrogen (secondary N) is 1. The summed E-state index contributed by atoms with van der Waals surface area (Å²) in [6.45, 7) is 1.88. The Kier molecular flexibility index (Phi) is 4.93. The lowest BCUT2D eigenvalue weighted by Gasteiger charge is -2.15. The molecule has 0 fully saturated rings. The Morgan fingerprint density at radius 2 is 2.16 bits per heavy atom. The lowest BCUT2D eigenvalue weighted by atomic mass is 10.1. The summed E-state index contributed by atoms with van der Waals surface area (Å²) in [5.41, 5.74) is 1.62. The molecule has 0 bridgehead atoms. The SMILES string of the molecule is Cc1nc(C(=O)NC(CCl)Cc2ccccc2)cs1. The van der Waals surface area contributed by atoms with Gasteiger partial charge in [-0.1, -0.05) is 30.3 Å². The molecule has 19 heavy (non-hydrogen) atoms. The van der Waals surface area contributed by atoms with Gasteiger partial charge in [-0.2, -0.15) is 0 Å². The predicted molar refractivity (Wildman–Crippen MR) is 79.0 cm³/mol. The molecule has 0 saturated heterocycles. The summed E-state index contributed by atoms with van der Waals surface area (Å²) in [6, 6.07) is 9.89. The van der Waals surface area contributed by atoms with Gasteiger partial charge in [-0.3, -0.25) is 4.79 Å². The van der Waals surface area contributed by atoms with Crippen LogP contribution in [-0.2, 0) is 6.42 Å². The molecule has 1 heterocycles. The Morgan fingerprint density at radius 1 is 1.42 bits per heavy atom. The second-order valence-corrected chi connectivity index (χ2v) is 5.64. The van der Waals surface area contributed by atoms with Crippen LogP contribution in [0.3, 0.4) is 0 Å². The number of alkyl halides is 1. The van der Waals surface area contributed by atoms with Crippen molar-refractivity contribution < 1.29 is 4.79 Å². The van der Waals surface area contributed by atoms with E-state index in [1.165, 1.54) is 11.3 Å². The van der Waals surface area contributed by atoms with E-state index in [4.69, 9.17) is 11.6 Å². The molecule has 0 aliphatic heterocycles. The largest absolute Gasteiger partial charge is 0.346 e. The minimum absolute atomic E-state index is 0.0847. The highest BCUT2D eigenvalue weighted by Crippen LogP contribution is 2.09. The summed E-state index contributed by atoms with van der Waals surface area (Å²) >= 11 is 7.39. The maximum atomic E-state index is 12.0. The van der Waals surface area contributed by atoms with E-state index in [-0.39, 0.29) is 11.9 Å². The minimum Gasteiger partial charge on any atom is -0.346 e. The quantitative estimate of drug-likeness (QED) is 0.861. The molecule has 1 amide bonds. The Morgan fingerprint density at radius 3 is 2.74 bits per heavy atom. The van der Waals surface area contributed by atoms with E-state index in [2.05, 4.69) is 10.3 Å². The Bertz CT molecular complexity index is 541. The van der Waals surface area contributed by atoms with Crippen molar-refractivity contribution in [2.24, 2.45) is 0 Å². The highest BCUT2D eigenvalue weighted by molar-refractivity contribution is 7.09. The smallest absolute Gasteiger partial charge is 0.271 e. The Hall–Kier alpha value is -1.39. The number of carbonyl (C=O) groups is 1. The summed E-state index contributed by atoms with van der Waals surface area (Å²) < 4.78 is 0. The van der Waals surface area contributed by atoms with Gasteiger partial charge >= 0.3 is 0 Å². The maximum absolute atomic E-state index is 12.0. The van der Waals surface area contributed by atoms with E-state index in [0.717, 1.165) is 17.0 Å². The molecule has 1 N–H and O–H groups in total. The van der Waals surface area contributed by atoms with Gasteiger partial charge in [-0.25, -0.2) is 4.98 Å². The number of aryl methyl sites for hydroxylation is 1. The van der Waals surface area contributed by atoms with Crippen LogP contribution in [0.1, 0.15) is 21.1 Å². The molecular weight excluding hydrogens is 280 g/mol. The summed E-state index contributed by atoms with van der Waals surface area (Å²) in [5, 5.41) is 5.57. The first-order valence-electron chi connectivity index (χ1n) is 6.02. The fourth-order valence-corrected chi connectivity index (χ4v) is 2.55. The van der Waals surface area contributed by atoms with E-state index in [9.17, 15) is 4.79 Å². The van der Waals surface area contributed by atoms with Gasteiger partial charge in [0.05, 0.1) is 5.01 Å². The minimum atomic E-state index is -0.161. The van der Waals surface area contributed by atoms with Gasteiger partial charge in [0.1, 0.15) is 5.69 Å². The van der Waals surface area contributed by atoms with E-state index in [0.29, 0.717) is 11.6 Å². The first-order valence-corrected chi connectivity index (χ1v) is 7.43. The van der Waals surface area contributed by atoms with Gasteiger partial charge in [-0.05, 0) is 18.9 Å². The number of halogens is 1.